The molecule has 1 heterocycles. The first-order chi connectivity index (χ1) is 11.4. The first-order valence-corrected chi connectivity index (χ1v) is 8.29. The molecule has 0 unspecified atom stereocenters. The third kappa shape index (κ3) is 9.47. The number of aliphatic imine (C=N–C) groups is 1. The van der Waals surface area contributed by atoms with E-state index in [4.69, 9.17) is 0 Å². The van der Waals surface area contributed by atoms with E-state index in [-0.39, 0.29) is 36.4 Å². The van der Waals surface area contributed by atoms with E-state index >= 15 is 0 Å². The zero-order valence-electron chi connectivity index (χ0n) is 15.9. The van der Waals surface area contributed by atoms with Crippen LogP contribution in [0.15, 0.2) is 23.2 Å². The van der Waals surface area contributed by atoms with Gasteiger partial charge in [0.25, 0.3) is 0 Å². The molecule has 7 nitrogen and oxygen atoms in total. The lowest BCUT2D eigenvalue weighted by Gasteiger charge is -2.15. The van der Waals surface area contributed by atoms with Gasteiger partial charge in [-0.3, -0.25) is 4.79 Å². The Morgan fingerprint density at radius 2 is 1.92 bits per heavy atom. The number of rotatable bonds is 8. The number of aromatic nitrogens is 1. The van der Waals surface area contributed by atoms with Crippen molar-refractivity contribution < 1.29 is 4.79 Å². The summed E-state index contributed by atoms with van der Waals surface area (Å²) in [6.45, 7) is 3.64. The number of hydrogen-bond donors (Lipinski definition) is 2. The lowest BCUT2D eigenvalue weighted by atomic mass is 10.3. The summed E-state index contributed by atoms with van der Waals surface area (Å²) >= 11 is 0. The lowest BCUT2D eigenvalue weighted by Crippen LogP contribution is -2.43. The highest BCUT2D eigenvalue weighted by atomic mass is 127. The van der Waals surface area contributed by atoms with Gasteiger partial charge in [0.05, 0.1) is 18.8 Å². The van der Waals surface area contributed by atoms with Crippen molar-refractivity contribution in [3.05, 3.63) is 23.9 Å². The smallest absolute Gasteiger partial charge is 0.241 e. The van der Waals surface area contributed by atoms with Gasteiger partial charge >= 0.3 is 0 Å². The molecule has 1 rings (SSSR count). The minimum atomic E-state index is 0. The molecule has 0 saturated heterocycles. The lowest BCUT2D eigenvalue weighted by molar-refractivity contribution is -0.127. The number of unbranched alkanes of at least 4 members (excludes halogenated alkanes) is 1. The highest BCUT2D eigenvalue weighted by molar-refractivity contribution is 14.0. The first kappa shape index (κ1) is 23.4. The van der Waals surface area contributed by atoms with Crippen LogP contribution in [-0.4, -0.2) is 63.0 Å². The van der Waals surface area contributed by atoms with E-state index < -0.39 is 0 Å². The van der Waals surface area contributed by atoms with Gasteiger partial charge in [0, 0.05) is 34.7 Å². The quantitative estimate of drug-likeness (QED) is 0.266. The Labute approximate surface area is 168 Å². The van der Waals surface area contributed by atoms with Crippen LogP contribution < -0.4 is 15.5 Å². The Morgan fingerprint density at radius 1 is 1.20 bits per heavy atom. The molecule has 1 aromatic rings. The number of hydrogen-bond acceptors (Lipinski definition) is 4. The molecule has 0 aliphatic rings. The van der Waals surface area contributed by atoms with Gasteiger partial charge in [-0.05, 0) is 18.6 Å². The van der Waals surface area contributed by atoms with Crippen LogP contribution in [0.5, 0.6) is 0 Å². The van der Waals surface area contributed by atoms with Gasteiger partial charge in [0.1, 0.15) is 5.82 Å². The number of pyridine rings is 1. The second-order valence-corrected chi connectivity index (χ2v) is 5.97. The number of nitrogens with one attached hydrogen (secondary N) is 2. The van der Waals surface area contributed by atoms with Gasteiger partial charge in [-0.1, -0.05) is 19.4 Å². The van der Waals surface area contributed by atoms with Crippen molar-refractivity contribution in [2.24, 2.45) is 4.99 Å². The van der Waals surface area contributed by atoms with Crippen molar-refractivity contribution >= 4 is 41.7 Å². The fourth-order valence-corrected chi connectivity index (χ4v) is 1.84. The summed E-state index contributed by atoms with van der Waals surface area (Å²) in [7, 11) is 7.40. The van der Waals surface area contributed by atoms with Crippen LogP contribution in [0.4, 0.5) is 5.82 Å². The summed E-state index contributed by atoms with van der Waals surface area (Å²) in [5, 5.41) is 6.33. The summed E-state index contributed by atoms with van der Waals surface area (Å²) in [5.74, 6) is 1.54. The normalized spacial score (nSPS) is 10.7. The van der Waals surface area contributed by atoms with Gasteiger partial charge < -0.3 is 20.4 Å². The van der Waals surface area contributed by atoms with E-state index in [1.165, 1.54) is 0 Å². The topological polar surface area (TPSA) is 72.9 Å². The van der Waals surface area contributed by atoms with Crippen LogP contribution in [0.2, 0.25) is 0 Å². The van der Waals surface area contributed by atoms with Crippen LogP contribution in [0.3, 0.4) is 0 Å². The molecule has 1 aromatic heterocycles. The monoisotopic (exact) mass is 462 g/mol. The molecule has 0 aromatic carbocycles. The van der Waals surface area contributed by atoms with Crippen molar-refractivity contribution in [2.45, 2.75) is 26.3 Å². The molecular weight excluding hydrogens is 431 g/mol. The predicted octanol–water partition coefficient (Wildman–Crippen LogP) is 1.69. The summed E-state index contributed by atoms with van der Waals surface area (Å²) < 4.78 is 0. The molecule has 25 heavy (non-hydrogen) atoms. The summed E-state index contributed by atoms with van der Waals surface area (Å²) in [5.41, 5.74) is 0.886. The van der Waals surface area contributed by atoms with E-state index in [0.29, 0.717) is 12.5 Å². The Kier molecular flexibility index (Phi) is 11.9. The Morgan fingerprint density at radius 3 is 2.52 bits per heavy atom. The third-order valence-electron chi connectivity index (χ3n) is 3.38. The maximum Gasteiger partial charge on any atom is 0.241 e. The van der Waals surface area contributed by atoms with Gasteiger partial charge in [-0.15, -0.1) is 24.0 Å². The van der Waals surface area contributed by atoms with Crippen molar-refractivity contribution in [2.75, 3.05) is 46.2 Å². The zero-order chi connectivity index (χ0) is 17.9. The molecule has 0 radical (unpaired) electrons. The van der Waals surface area contributed by atoms with Crippen molar-refractivity contribution in [3.8, 4) is 0 Å². The van der Waals surface area contributed by atoms with Crippen LogP contribution in [-0.2, 0) is 11.3 Å². The molecule has 1 amide bonds. The first-order valence-electron chi connectivity index (χ1n) is 8.29. The number of anilines is 1. The minimum Gasteiger partial charge on any atom is -0.363 e. The van der Waals surface area contributed by atoms with Gasteiger partial charge in [-0.2, -0.15) is 0 Å². The maximum atomic E-state index is 11.7. The van der Waals surface area contributed by atoms with Crippen molar-refractivity contribution in [1.29, 1.82) is 0 Å². The maximum absolute atomic E-state index is 11.7. The van der Waals surface area contributed by atoms with Crippen LogP contribution in [0.25, 0.3) is 0 Å². The Balaban J connectivity index is 0.00000576. The highest BCUT2D eigenvalue weighted by Gasteiger charge is 2.06. The summed E-state index contributed by atoms with van der Waals surface area (Å²) in [6, 6.07) is 5.88. The number of nitrogens with zero attached hydrogens (tertiary/aromatic N) is 4. The fourth-order valence-electron chi connectivity index (χ4n) is 1.84. The largest absolute Gasteiger partial charge is 0.363 e. The minimum absolute atomic E-state index is 0. The second kappa shape index (κ2) is 12.7. The molecule has 0 fully saturated rings. The molecule has 8 heteroatoms. The molecule has 0 atom stereocenters. The molecule has 0 bridgehead atoms. The third-order valence-corrected chi connectivity index (χ3v) is 3.38. The van der Waals surface area contributed by atoms with E-state index in [9.17, 15) is 4.79 Å². The van der Waals surface area contributed by atoms with E-state index in [1.54, 1.807) is 19.0 Å². The van der Waals surface area contributed by atoms with Crippen LogP contribution in [0, 0.1) is 0 Å². The van der Waals surface area contributed by atoms with Crippen LogP contribution in [0.1, 0.15) is 25.5 Å². The standard InChI is InChI=1S/C17H30N6O.HI/c1-6-7-11-18-17(20-13-16(24)23(4)5)19-12-14-9-8-10-15(21-14)22(2)3;/h8-10H,6-7,11-13H2,1-5H3,(H2,18,19,20);1H. The Bertz CT molecular complexity index is 548. The van der Waals surface area contributed by atoms with Gasteiger partial charge in [0.15, 0.2) is 5.96 Å². The molecule has 142 valence electrons. The number of carbonyl (C=O) groups is 1. The molecule has 0 spiro atoms. The number of guanidine groups is 1. The molecule has 2 N–H and O–H groups in total. The molecular formula is C17H31IN6O. The number of halogens is 1. The van der Waals surface area contributed by atoms with Crippen LogP contribution >= 0.6 is 24.0 Å². The molecule has 0 saturated carbocycles. The molecule has 0 aliphatic heterocycles. The average molecular weight is 462 g/mol. The number of amides is 1. The SMILES string of the molecule is CCCCNC(=NCc1cccc(N(C)C)n1)NCC(=O)N(C)C.I. The van der Waals surface area contributed by atoms with Crippen molar-refractivity contribution in [3.63, 3.8) is 0 Å². The highest BCUT2D eigenvalue weighted by Crippen LogP contribution is 2.08. The summed E-state index contributed by atoms with van der Waals surface area (Å²) in [4.78, 5) is 24.3. The average Bonchev–Trinajstić information content (AvgIpc) is 2.56. The number of carbonyl (C=O) groups excluding carboxylic acids is 1. The van der Waals surface area contributed by atoms with Crippen molar-refractivity contribution in [1.82, 2.24) is 20.5 Å². The van der Waals surface area contributed by atoms with Gasteiger partial charge in [0.2, 0.25) is 5.91 Å². The fraction of sp³-hybridized carbons (Fsp3) is 0.588. The van der Waals surface area contributed by atoms with Gasteiger partial charge in [-0.25, -0.2) is 9.98 Å². The van der Waals surface area contributed by atoms with E-state index in [0.717, 1.165) is 30.9 Å². The predicted molar refractivity (Wildman–Crippen MR) is 115 cm³/mol. The summed E-state index contributed by atoms with van der Waals surface area (Å²) in [6.07, 6.45) is 2.15. The second-order valence-electron chi connectivity index (χ2n) is 5.97. The number of likely N-dealkylation sites (N-methyl/N-ethyl adjacent to an activating group) is 1. The van der Waals surface area contributed by atoms with E-state index in [1.807, 2.05) is 37.2 Å². The Hall–Kier alpha value is -1.58. The molecule has 0 aliphatic carbocycles. The van der Waals surface area contributed by atoms with E-state index in [2.05, 4.69) is 27.5 Å². The zero-order valence-corrected chi connectivity index (χ0v) is 18.2.